The molecule has 0 aliphatic heterocycles. The van der Waals surface area contributed by atoms with Crippen LogP contribution in [0, 0.1) is 11.8 Å². The summed E-state index contributed by atoms with van der Waals surface area (Å²) in [6.45, 7) is 6.19. The summed E-state index contributed by atoms with van der Waals surface area (Å²) >= 11 is 0. The molecular weight excluding hydrogens is 232 g/mol. The molecule has 0 saturated heterocycles. The molecule has 0 aliphatic carbocycles. The summed E-state index contributed by atoms with van der Waals surface area (Å²) in [7, 11) is 0. The Bertz CT molecular complexity index is 303. The fourth-order valence-corrected chi connectivity index (χ4v) is 1.81. The van der Waals surface area contributed by atoms with Crippen molar-refractivity contribution < 1.29 is 19.8 Å². The lowest BCUT2D eigenvalue weighted by molar-refractivity contribution is -0.148. The van der Waals surface area contributed by atoms with Crippen molar-refractivity contribution in [1.29, 1.82) is 0 Å². The fourth-order valence-electron chi connectivity index (χ4n) is 1.81. The largest absolute Gasteiger partial charge is 0.481 e. The average Bonchev–Trinajstić information content (AvgIpc) is 2.22. The lowest BCUT2D eigenvalue weighted by atomic mass is 9.92. The Balaban J connectivity index is 3.99. The van der Waals surface area contributed by atoms with Gasteiger partial charge in [-0.25, -0.2) is 0 Å². The van der Waals surface area contributed by atoms with Crippen LogP contribution in [0.4, 0.5) is 0 Å². The molecule has 0 fully saturated rings. The highest BCUT2D eigenvalue weighted by Gasteiger charge is 2.21. The van der Waals surface area contributed by atoms with Crippen molar-refractivity contribution in [2.75, 3.05) is 0 Å². The van der Waals surface area contributed by atoms with E-state index in [1.54, 1.807) is 0 Å². The van der Waals surface area contributed by atoms with Gasteiger partial charge < -0.3 is 10.2 Å². The first-order valence-electron chi connectivity index (χ1n) is 6.40. The molecule has 0 aromatic heterocycles. The van der Waals surface area contributed by atoms with E-state index in [1.165, 1.54) is 5.57 Å². The normalized spacial score (nSPS) is 13.7. The van der Waals surface area contributed by atoms with Crippen LogP contribution < -0.4 is 0 Å². The second-order valence-electron chi connectivity index (χ2n) is 5.17. The Morgan fingerprint density at radius 1 is 1.11 bits per heavy atom. The Kier molecular flexibility index (Phi) is 8.08. The maximum atomic E-state index is 10.9. The van der Waals surface area contributed by atoms with Gasteiger partial charge in [-0.3, -0.25) is 9.59 Å². The summed E-state index contributed by atoms with van der Waals surface area (Å²) in [5.74, 6) is -2.38. The minimum Gasteiger partial charge on any atom is -0.481 e. The minimum atomic E-state index is -1.04. The number of hydrogen-bond acceptors (Lipinski definition) is 2. The molecule has 0 aromatic carbocycles. The van der Waals surface area contributed by atoms with Gasteiger partial charge in [0.1, 0.15) is 0 Å². The first-order chi connectivity index (χ1) is 8.32. The van der Waals surface area contributed by atoms with Crippen LogP contribution in [0.3, 0.4) is 0 Å². The van der Waals surface area contributed by atoms with E-state index >= 15 is 0 Å². The topological polar surface area (TPSA) is 74.6 Å². The first kappa shape index (κ1) is 16.7. The minimum absolute atomic E-state index is 0.282. The number of rotatable bonds is 9. The quantitative estimate of drug-likeness (QED) is 0.620. The molecule has 0 heterocycles. The van der Waals surface area contributed by atoms with E-state index in [0.29, 0.717) is 12.3 Å². The second kappa shape index (κ2) is 8.72. The van der Waals surface area contributed by atoms with Crippen LogP contribution in [0.1, 0.15) is 52.9 Å². The van der Waals surface area contributed by atoms with Crippen molar-refractivity contribution in [3.8, 4) is 0 Å². The summed E-state index contributed by atoms with van der Waals surface area (Å²) in [6.07, 6.45) is 5.11. The predicted octanol–water partition coefficient (Wildman–Crippen LogP) is 3.32. The van der Waals surface area contributed by atoms with Gasteiger partial charge in [-0.05, 0) is 45.4 Å². The van der Waals surface area contributed by atoms with E-state index in [1.807, 2.05) is 0 Å². The third kappa shape index (κ3) is 8.79. The van der Waals surface area contributed by atoms with Crippen molar-refractivity contribution in [3.63, 3.8) is 0 Å². The van der Waals surface area contributed by atoms with Crippen molar-refractivity contribution >= 4 is 11.9 Å². The maximum absolute atomic E-state index is 10.9. The second-order valence-corrected chi connectivity index (χ2v) is 5.17. The third-order valence-corrected chi connectivity index (χ3v) is 2.99. The third-order valence-electron chi connectivity index (χ3n) is 2.99. The zero-order valence-electron chi connectivity index (χ0n) is 11.5. The Morgan fingerprint density at radius 3 is 2.17 bits per heavy atom. The van der Waals surface area contributed by atoms with E-state index < -0.39 is 17.9 Å². The molecule has 4 heteroatoms. The number of aliphatic carboxylic acids is 2. The van der Waals surface area contributed by atoms with Gasteiger partial charge in [0.15, 0.2) is 0 Å². The zero-order valence-corrected chi connectivity index (χ0v) is 11.5. The van der Waals surface area contributed by atoms with E-state index in [0.717, 1.165) is 19.3 Å². The highest BCUT2D eigenvalue weighted by atomic mass is 16.4. The molecule has 104 valence electrons. The van der Waals surface area contributed by atoms with Crippen LogP contribution in [0.15, 0.2) is 11.6 Å². The molecule has 0 spiro atoms. The number of carboxylic acids is 2. The van der Waals surface area contributed by atoms with Crippen LogP contribution in [-0.4, -0.2) is 22.2 Å². The molecule has 0 saturated carbocycles. The molecule has 2 atom stereocenters. The Labute approximate surface area is 109 Å². The SMILES string of the molecule is CC(C)=CCCC(C)CCC(CC(=O)O)C(=O)O. The standard InChI is InChI=1S/C14H24O4/c1-10(2)5-4-6-11(3)7-8-12(14(17)18)9-13(15)16/h5,11-12H,4,6-9H2,1-3H3,(H,15,16)(H,17,18). The molecule has 2 unspecified atom stereocenters. The number of hydrogen-bond donors (Lipinski definition) is 2. The van der Waals surface area contributed by atoms with Gasteiger partial charge in [0.2, 0.25) is 0 Å². The van der Waals surface area contributed by atoms with Crippen LogP contribution in [-0.2, 0) is 9.59 Å². The van der Waals surface area contributed by atoms with Gasteiger partial charge in [0.25, 0.3) is 0 Å². The molecule has 18 heavy (non-hydrogen) atoms. The molecule has 0 aliphatic rings. The lowest BCUT2D eigenvalue weighted by Crippen LogP contribution is -2.18. The van der Waals surface area contributed by atoms with Crippen LogP contribution in [0.5, 0.6) is 0 Å². The molecule has 4 nitrogen and oxygen atoms in total. The van der Waals surface area contributed by atoms with Crippen molar-refractivity contribution in [1.82, 2.24) is 0 Å². The van der Waals surface area contributed by atoms with Gasteiger partial charge in [0, 0.05) is 0 Å². The molecule has 0 aromatic rings. The summed E-state index contributed by atoms with van der Waals surface area (Å²) in [5, 5.41) is 17.5. The molecular formula is C14H24O4. The Hall–Kier alpha value is -1.32. The molecule has 0 radical (unpaired) electrons. The average molecular weight is 256 g/mol. The van der Waals surface area contributed by atoms with Crippen molar-refractivity contribution in [2.45, 2.75) is 52.9 Å². The van der Waals surface area contributed by atoms with Gasteiger partial charge >= 0.3 is 11.9 Å². The molecule has 0 rings (SSSR count). The van der Waals surface area contributed by atoms with E-state index in [9.17, 15) is 9.59 Å². The molecule has 0 bridgehead atoms. The van der Waals surface area contributed by atoms with Gasteiger partial charge in [0.05, 0.1) is 12.3 Å². The summed E-state index contributed by atoms with van der Waals surface area (Å²) in [4.78, 5) is 21.4. The highest BCUT2D eigenvalue weighted by molar-refractivity contribution is 5.77. The lowest BCUT2D eigenvalue weighted by Gasteiger charge is -2.14. The van der Waals surface area contributed by atoms with E-state index in [2.05, 4.69) is 26.8 Å². The molecule has 0 amide bonds. The predicted molar refractivity (Wildman–Crippen MR) is 70.4 cm³/mol. The smallest absolute Gasteiger partial charge is 0.307 e. The maximum Gasteiger partial charge on any atom is 0.307 e. The van der Waals surface area contributed by atoms with Gasteiger partial charge in [-0.15, -0.1) is 0 Å². The fraction of sp³-hybridized carbons (Fsp3) is 0.714. The first-order valence-corrected chi connectivity index (χ1v) is 6.40. The number of carboxylic acid groups (broad SMARTS) is 2. The highest BCUT2D eigenvalue weighted by Crippen LogP contribution is 2.20. The Morgan fingerprint density at radius 2 is 1.72 bits per heavy atom. The summed E-state index contributed by atoms with van der Waals surface area (Å²) in [6, 6.07) is 0. The number of allylic oxidation sites excluding steroid dienone is 2. The molecule has 2 N–H and O–H groups in total. The van der Waals surface area contributed by atoms with E-state index in [4.69, 9.17) is 10.2 Å². The van der Waals surface area contributed by atoms with Crippen molar-refractivity contribution in [3.05, 3.63) is 11.6 Å². The van der Waals surface area contributed by atoms with Gasteiger partial charge in [-0.2, -0.15) is 0 Å². The van der Waals surface area contributed by atoms with Crippen LogP contribution >= 0.6 is 0 Å². The van der Waals surface area contributed by atoms with Crippen LogP contribution in [0.2, 0.25) is 0 Å². The van der Waals surface area contributed by atoms with Crippen molar-refractivity contribution in [2.24, 2.45) is 11.8 Å². The summed E-state index contributed by atoms with van der Waals surface area (Å²) < 4.78 is 0. The van der Waals surface area contributed by atoms with Gasteiger partial charge in [-0.1, -0.05) is 18.6 Å². The monoisotopic (exact) mass is 256 g/mol. The van der Waals surface area contributed by atoms with E-state index in [-0.39, 0.29) is 6.42 Å². The zero-order chi connectivity index (χ0) is 14.1. The van der Waals surface area contributed by atoms with Crippen LogP contribution in [0.25, 0.3) is 0 Å². The summed E-state index contributed by atoms with van der Waals surface area (Å²) in [5.41, 5.74) is 1.29. The number of carbonyl (C=O) groups is 2.